The number of benzene rings is 2. The van der Waals surface area contributed by atoms with Gasteiger partial charge in [0.15, 0.2) is 0 Å². The minimum absolute atomic E-state index is 0.0842. The van der Waals surface area contributed by atoms with Gasteiger partial charge in [-0.2, -0.15) is 0 Å². The molecule has 0 aromatic heterocycles. The molecule has 0 saturated carbocycles. The lowest BCUT2D eigenvalue weighted by Crippen LogP contribution is -2.48. The Hall–Kier alpha value is -3.85. The molecule has 1 fully saturated rings. The zero-order chi connectivity index (χ0) is 26.6. The Balaban J connectivity index is 1.74. The van der Waals surface area contributed by atoms with Crippen molar-refractivity contribution >= 4 is 17.8 Å². The van der Waals surface area contributed by atoms with Crippen LogP contribution < -0.4 is 15.4 Å². The molecule has 0 radical (unpaired) electrons. The standard InChI is InChI=1S/C28H35N3O6/c1-20(2)17-24(30-28(34)37-19-21-7-5-4-6-8-21)27(33)29-25(18-31-13-15-36-16-14-31)26(32)22-9-11-23(35-3)12-10-22/h4-12,18,20,24H,13-17,19H2,1-3H3,(H,29,33)(H,30,34)/b25-18+/t24-/m0/s1. The molecule has 1 atom stereocenters. The average Bonchev–Trinajstić information content (AvgIpc) is 2.91. The largest absolute Gasteiger partial charge is 0.497 e. The molecule has 9 nitrogen and oxygen atoms in total. The van der Waals surface area contributed by atoms with Crippen molar-refractivity contribution in [2.75, 3.05) is 33.4 Å². The van der Waals surface area contributed by atoms with Gasteiger partial charge < -0.3 is 29.7 Å². The lowest BCUT2D eigenvalue weighted by Gasteiger charge is -2.27. The first-order valence-electron chi connectivity index (χ1n) is 12.4. The van der Waals surface area contributed by atoms with Gasteiger partial charge in [-0.3, -0.25) is 9.59 Å². The number of methoxy groups -OCH3 is 1. The molecular weight excluding hydrogens is 474 g/mol. The Bertz CT molecular complexity index is 1060. The summed E-state index contributed by atoms with van der Waals surface area (Å²) in [5.74, 6) is -0.118. The molecule has 2 aromatic carbocycles. The summed E-state index contributed by atoms with van der Waals surface area (Å²) in [7, 11) is 1.55. The Morgan fingerprint density at radius 3 is 2.32 bits per heavy atom. The van der Waals surface area contributed by atoms with E-state index in [2.05, 4.69) is 10.6 Å². The number of nitrogens with one attached hydrogen (secondary N) is 2. The van der Waals surface area contributed by atoms with Gasteiger partial charge >= 0.3 is 6.09 Å². The van der Waals surface area contributed by atoms with Crippen LogP contribution in [0.5, 0.6) is 5.75 Å². The summed E-state index contributed by atoms with van der Waals surface area (Å²) in [5.41, 5.74) is 1.35. The van der Waals surface area contributed by atoms with E-state index in [-0.39, 0.29) is 24.0 Å². The molecule has 2 aromatic rings. The molecule has 1 aliphatic rings. The molecule has 37 heavy (non-hydrogen) atoms. The van der Waals surface area contributed by atoms with Crippen LogP contribution in [0.2, 0.25) is 0 Å². The fourth-order valence-corrected chi connectivity index (χ4v) is 3.76. The molecule has 198 valence electrons. The van der Waals surface area contributed by atoms with Gasteiger partial charge in [0, 0.05) is 24.9 Å². The summed E-state index contributed by atoms with van der Waals surface area (Å²) in [4.78, 5) is 41.2. The number of rotatable bonds is 11. The molecular formula is C28H35N3O6. The first kappa shape index (κ1) is 27.7. The number of nitrogens with zero attached hydrogens (tertiary/aromatic N) is 1. The van der Waals surface area contributed by atoms with Crippen molar-refractivity contribution in [3.63, 3.8) is 0 Å². The molecule has 1 heterocycles. The molecule has 0 aliphatic carbocycles. The van der Waals surface area contributed by atoms with Crippen LogP contribution in [-0.2, 0) is 20.9 Å². The number of amides is 2. The van der Waals surface area contributed by atoms with E-state index in [1.165, 1.54) is 0 Å². The highest BCUT2D eigenvalue weighted by Gasteiger charge is 2.26. The van der Waals surface area contributed by atoms with Crippen molar-refractivity contribution < 1.29 is 28.6 Å². The van der Waals surface area contributed by atoms with Gasteiger partial charge in [-0.05, 0) is 42.2 Å². The van der Waals surface area contributed by atoms with Crippen LogP contribution in [0.4, 0.5) is 4.79 Å². The quantitative estimate of drug-likeness (QED) is 0.353. The van der Waals surface area contributed by atoms with Crippen LogP contribution in [0, 0.1) is 5.92 Å². The number of hydrogen-bond acceptors (Lipinski definition) is 7. The van der Waals surface area contributed by atoms with E-state index in [4.69, 9.17) is 14.2 Å². The van der Waals surface area contributed by atoms with Crippen molar-refractivity contribution in [2.24, 2.45) is 5.92 Å². The molecule has 0 bridgehead atoms. The van der Waals surface area contributed by atoms with E-state index in [1.807, 2.05) is 49.1 Å². The fraction of sp³-hybridized carbons (Fsp3) is 0.393. The minimum Gasteiger partial charge on any atom is -0.497 e. The lowest BCUT2D eigenvalue weighted by molar-refractivity contribution is -0.122. The van der Waals surface area contributed by atoms with Gasteiger partial charge in [0.05, 0.1) is 20.3 Å². The summed E-state index contributed by atoms with van der Waals surface area (Å²) in [6, 6.07) is 15.1. The Kier molecular flexibility index (Phi) is 10.5. The van der Waals surface area contributed by atoms with Crippen molar-refractivity contribution in [3.05, 3.63) is 77.6 Å². The van der Waals surface area contributed by atoms with Crippen molar-refractivity contribution in [3.8, 4) is 5.75 Å². The molecule has 9 heteroatoms. The smallest absolute Gasteiger partial charge is 0.408 e. The number of alkyl carbamates (subject to hydrolysis) is 1. The zero-order valence-corrected chi connectivity index (χ0v) is 21.6. The second-order valence-corrected chi connectivity index (χ2v) is 9.13. The predicted octanol–water partition coefficient (Wildman–Crippen LogP) is 3.51. The van der Waals surface area contributed by atoms with E-state index in [0.29, 0.717) is 44.0 Å². The van der Waals surface area contributed by atoms with E-state index in [9.17, 15) is 14.4 Å². The highest BCUT2D eigenvalue weighted by molar-refractivity contribution is 6.10. The maximum Gasteiger partial charge on any atom is 0.408 e. The number of hydrogen-bond donors (Lipinski definition) is 2. The first-order chi connectivity index (χ1) is 17.9. The fourth-order valence-electron chi connectivity index (χ4n) is 3.76. The number of carbonyl (C=O) groups excluding carboxylic acids is 3. The molecule has 1 aliphatic heterocycles. The van der Waals surface area contributed by atoms with Crippen LogP contribution in [0.15, 0.2) is 66.5 Å². The first-order valence-corrected chi connectivity index (χ1v) is 12.4. The second-order valence-electron chi connectivity index (χ2n) is 9.13. The maximum absolute atomic E-state index is 13.4. The van der Waals surface area contributed by atoms with Crippen LogP contribution in [0.25, 0.3) is 0 Å². The average molecular weight is 510 g/mol. The van der Waals surface area contributed by atoms with Crippen LogP contribution in [0.1, 0.15) is 36.2 Å². The predicted molar refractivity (Wildman–Crippen MR) is 139 cm³/mol. The zero-order valence-electron chi connectivity index (χ0n) is 21.6. The van der Waals surface area contributed by atoms with Crippen LogP contribution in [-0.4, -0.2) is 62.1 Å². The normalized spacial score (nSPS) is 14.6. The van der Waals surface area contributed by atoms with E-state index >= 15 is 0 Å². The van der Waals surface area contributed by atoms with Gasteiger partial charge in [-0.25, -0.2) is 4.79 Å². The summed E-state index contributed by atoms with van der Waals surface area (Å²) in [6.45, 7) is 6.22. The highest BCUT2D eigenvalue weighted by Crippen LogP contribution is 2.16. The third kappa shape index (κ3) is 8.95. The second kappa shape index (κ2) is 14.0. The van der Waals surface area contributed by atoms with Crippen molar-refractivity contribution in [1.82, 2.24) is 15.5 Å². The monoisotopic (exact) mass is 509 g/mol. The van der Waals surface area contributed by atoms with Crippen molar-refractivity contribution in [2.45, 2.75) is 32.9 Å². The molecule has 1 saturated heterocycles. The molecule has 2 amide bonds. The minimum atomic E-state index is -0.889. The SMILES string of the molecule is COc1ccc(C(=O)/C(=C\N2CCOCC2)NC(=O)[C@H](CC(C)C)NC(=O)OCc2ccccc2)cc1. The topological polar surface area (TPSA) is 106 Å². The molecule has 2 N–H and O–H groups in total. The number of ketones is 1. The van der Waals surface area contributed by atoms with Gasteiger partial charge in [-0.1, -0.05) is 44.2 Å². The van der Waals surface area contributed by atoms with Crippen molar-refractivity contribution in [1.29, 1.82) is 0 Å². The van der Waals surface area contributed by atoms with E-state index < -0.39 is 18.0 Å². The number of ether oxygens (including phenoxy) is 3. The molecule has 0 unspecified atom stereocenters. The molecule has 3 rings (SSSR count). The van der Waals surface area contributed by atoms with Gasteiger partial charge in [0.1, 0.15) is 24.1 Å². The number of Topliss-reactive ketones (excluding diaryl/α,β-unsaturated/α-hetero) is 1. The van der Waals surface area contributed by atoms with E-state index in [1.54, 1.807) is 37.6 Å². The maximum atomic E-state index is 13.4. The Morgan fingerprint density at radius 2 is 1.70 bits per heavy atom. The number of allylic oxidation sites excluding steroid dienone is 1. The van der Waals surface area contributed by atoms with E-state index in [0.717, 1.165) is 5.56 Å². The third-order valence-corrected chi connectivity index (χ3v) is 5.74. The highest BCUT2D eigenvalue weighted by atomic mass is 16.5. The molecule has 0 spiro atoms. The summed E-state index contributed by atoms with van der Waals surface area (Å²) in [5, 5.41) is 5.42. The third-order valence-electron chi connectivity index (χ3n) is 5.74. The lowest BCUT2D eigenvalue weighted by atomic mass is 10.0. The summed E-state index contributed by atoms with van der Waals surface area (Å²) < 4.78 is 15.9. The van der Waals surface area contributed by atoms with Crippen LogP contribution in [0.3, 0.4) is 0 Å². The number of carbonyl (C=O) groups is 3. The Morgan fingerprint density at radius 1 is 1.03 bits per heavy atom. The summed E-state index contributed by atoms with van der Waals surface area (Å²) in [6.07, 6.45) is 1.31. The van der Waals surface area contributed by atoms with Crippen LogP contribution >= 0.6 is 0 Å². The van der Waals surface area contributed by atoms with Gasteiger partial charge in [0.2, 0.25) is 11.7 Å². The Labute approximate surface area is 217 Å². The summed E-state index contributed by atoms with van der Waals surface area (Å²) >= 11 is 0. The van der Waals surface area contributed by atoms with Gasteiger partial charge in [-0.15, -0.1) is 0 Å². The number of morpholine rings is 1. The van der Waals surface area contributed by atoms with Gasteiger partial charge in [0.25, 0.3) is 0 Å².